The first-order chi connectivity index (χ1) is 16.6. The quantitative estimate of drug-likeness (QED) is 0.271. The van der Waals surface area contributed by atoms with Crippen LogP contribution >= 0.6 is 0 Å². The Kier molecular flexibility index (Phi) is 6.90. The van der Waals surface area contributed by atoms with Crippen molar-refractivity contribution in [2.45, 2.75) is 31.5 Å². The summed E-state index contributed by atoms with van der Waals surface area (Å²) < 4.78 is 51.4. The second-order valence-corrected chi connectivity index (χ2v) is 9.02. The molecule has 1 aliphatic rings. The molecular weight excluding hydrogens is 483 g/mol. The smallest absolute Gasteiger partial charge is 0.274 e. The Morgan fingerprint density at radius 1 is 1.29 bits per heavy atom. The van der Waals surface area contributed by atoms with Crippen molar-refractivity contribution in [2.24, 2.45) is 5.14 Å². The SMILES string of the molecule is CCOc1cccc(F)c1C#Cc1cn(C2O[C@H](CNS(N)(=O)=O)[C@@H](O)[C@H]2O)c2ncnc(N)c12. The van der Waals surface area contributed by atoms with Crippen molar-refractivity contribution in [3.8, 4) is 17.6 Å². The van der Waals surface area contributed by atoms with Gasteiger partial charge in [-0.15, -0.1) is 0 Å². The van der Waals surface area contributed by atoms with Gasteiger partial charge in [-0.3, -0.25) is 0 Å². The Bertz CT molecular complexity index is 1420. The second-order valence-electron chi connectivity index (χ2n) is 7.64. The summed E-state index contributed by atoms with van der Waals surface area (Å²) in [6.45, 7) is 1.71. The first kappa shape index (κ1) is 24.8. The number of aliphatic hydroxyl groups excluding tert-OH is 2. The van der Waals surface area contributed by atoms with E-state index >= 15 is 0 Å². The first-order valence-electron chi connectivity index (χ1n) is 10.4. The zero-order valence-electron chi connectivity index (χ0n) is 18.4. The van der Waals surface area contributed by atoms with Gasteiger partial charge in [0.25, 0.3) is 10.2 Å². The molecule has 1 aliphatic heterocycles. The van der Waals surface area contributed by atoms with E-state index in [4.69, 9.17) is 20.3 Å². The molecule has 0 bridgehead atoms. The number of ether oxygens (including phenoxy) is 2. The van der Waals surface area contributed by atoms with Crippen LogP contribution in [0.1, 0.15) is 24.3 Å². The number of rotatable bonds is 6. The molecule has 12 nitrogen and oxygen atoms in total. The summed E-state index contributed by atoms with van der Waals surface area (Å²) >= 11 is 0. The highest BCUT2D eigenvalue weighted by Gasteiger charge is 2.44. The molecule has 3 heterocycles. The molecule has 0 amide bonds. The number of nitrogens with one attached hydrogen (secondary N) is 1. The van der Waals surface area contributed by atoms with Gasteiger partial charge >= 0.3 is 0 Å². The predicted octanol–water partition coefficient (Wildman–Crippen LogP) is -0.637. The van der Waals surface area contributed by atoms with Crippen LogP contribution in [0, 0.1) is 17.7 Å². The number of hydrogen-bond acceptors (Lipinski definition) is 9. The highest BCUT2D eigenvalue weighted by molar-refractivity contribution is 7.87. The van der Waals surface area contributed by atoms with Crippen LogP contribution in [0.15, 0.2) is 30.7 Å². The van der Waals surface area contributed by atoms with Crippen LogP contribution in [0.2, 0.25) is 0 Å². The number of nitrogens with two attached hydrogens (primary N) is 2. The van der Waals surface area contributed by atoms with Gasteiger partial charge in [0.1, 0.15) is 53.2 Å². The van der Waals surface area contributed by atoms with E-state index in [0.717, 1.165) is 0 Å². The van der Waals surface area contributed by atoms with Crippen LogP contribution in [0.4, 0.5) is 10.2 Å². The van der Waals surface area contributed by atoms with E-state index in [1.165, 1.54) is 29.2 Å². The standard InChI is InChI=1S/C21H23FN6O6S/c1-2-33-14-5-3-4-13(22)12(14)7-6-11-9-28(20-16(11)19(23)25-10-26-20)21-18(30)17(29)15(34-21)8-27-35(24,31)32/h3-5,9-10,15,17-18,21,27,29-30H,2,8H2,1H3,(H2,23,25,26)(H2,24,31,32)/t15-,17-,18-,21?/m1/s1. The van der Waals surface area contributed by atoms with Gasteiger partial charge in [-0.1, -0.05) is 17.9 Å². The summed E-state index contributed by atoms with van der Waals surface area (Å²) in [6, 6.07) is 4.36. The number of halogens is 1. The normalized spacial score (nSPS) is 22.2. The largest absolute Gasteiger partial charge is 0.492 e. The Morgan fingerprint density at radius 2 is 2.06 bits per heavy atom. The summed E-state index contributed by atoms with van der Waals surface area (Å²) in [4.78, 5) is 8.17. The molecule has 1 unspecified atom stereocenters. The Hall–Kier alpha value is -3.32. The van der Waals surface area contributed by atoms with Crippen LogP contribution in [-0.4, -0.2) is 64.6 Å². The second kappa shape index (κ2) is 9.74. The Morgan fingerprint density at radius 3 is 2.77 bits per heavy atom. The summed E-state index contributed by atoms with van der Waals surface area (Å²) in [5.74, 6) is 5.39. The monoisotopic (exact) mass is 506 g/mol. The maximum atomic E-state index is 14.4. The van der Waals surface area contributed by atoms with Gasteiger partial charge in [-0.2, -0.15) is 13.1 Å². The average Bonchev–Trinajstić information content (AvgIpc) is 3.30. The number of aromatic nitrogens is 3. The fraction of sp³-hybridized carbons (Fsp3) is 0.333. The molecule has 0 aliphatic carbocycles. The number of aliphatic hydroxyl groups is 2. The lowest BCUT2D eigenvalue weighted by atomic mass is 10.1. The fourth-order valence-corrected chi connectivity index (χ4v) is 4.15. The molecule has 0 saturated carbocycles. The molecule has 4 atom stereocenters. The van der Waals surface area contributed by atoms with Crippen molar-refractivity contribution in [3.05, 3.63) is 47.7 Å². The van der Waals surface area contributed by atoms with Crippen molar-refractivity contribution in [1.82, 2.24) is 19.3 Å². The molecule has 3 aromatic rings. The van der Waals surface area contributed by atoms with Crippen LogP contribution in [-0.2, 0) is 14.9 Å². The van der Waals surface area contributed by atoms with E-state index in [2.05, 4.69) is 21.8 Å². The minimum Gasteiger partial charge on any atom is -0.492 e. The summed E-state index contributed by atoms with van der Waals surface area (Å²) in [7, 11) is -4.04. The third kappa shape index (κ3) is 5.05. The van der Waals surface area contributed by atoms with Crippen molar-refractivity contribution < 1.29 is 32.5 Å². The Labute approximate surface area is 199 Å². The number of nitrogens with zero attached hydrogens (tertiary/aromatic N) is 3. The maximum absolute atomic E-state index is 14.4. The van der Waals surface area contributed by atoms with Crippen LogP contribution in [0.25, 0.3) is 11.0 Å². The molecule has 4 rings (SSSR count). The molecule has 0 radical (unpaired) electrons. The van der Waals surface area contributed by atoms with Gasteiger partial charge in [-0.05, 0) is 19.1 Å². The van der Waals surface area contributed by atoms with Gasteiger partial charge in [0, 0.05) is 12.7 Å². The lowest BCUT2D eigenvalue weighted by Gasteiger charge is -2.17. The molecule has 35 heavy (non-hydrogen) atoms. The van der Waals surface area contributed by atoms with E-state index in [1.54, 1.807) is 13.0 Å². The van der Waals surface area contributed by atoms with E-state index in [1.807, 2.05) is 4.72 Å². The van der Waals surface area contributed by atoms with Crippen LogP contribution in [0.3, 0.4) is 0 Å². The molecule has 1 fully saturated rings. The third-order valence-electron chi connectivity index (χ3n) is 5.33. The summed E-state index contributed by atoms with van der Waals surface area (Å²) in [5.41, 5.74) is 6.64. The fourth-order valence-electron chi connectivity index (χ4n) is 3.75. The zero-order valence-corrected chi connectivity index (χ0v) is 19.2. The third-order valence-corrected chi connectivity index (χ3v) is 5.90. The lowest BCUT2D eigenvalue weighted by Crippen LogP contribution is -2.42. The zero-order chi connectivity index (χ0) is 25.3. The predicted molar refractivity (Wildman–Crippen MR) is 123 cm³/mol. The summed E-state index contributed by atoms with van der Waals surface area (Å²) in [6.07, 6.45) is -2.49. The van der Waals surface area contributed by atoms with Crippen molar-refractivity contribution in [2.75, 3.05) is 18.9 Å². The molecule has 2 aromatic heterocycles. The molecular formula is C21H23FN6O6S. The number of fused-ring (bicyclic) bond motifs is 1. The van der Waals surface area contributed by atoms with E-state index in [0.29, 0.717) is 17.6 Å². The van der Waals surface area contributed by atoms with Gasteiger partial charge in [0.05, 0.1) is 17.6 Å². The highest BCUT2D eigenvalue weighted by Crippen LogP contribution is 2.34. The van der Waals surface area contributed by atoms with E-state index in [-0.39, 0.29) is 29.3 Å². The average molecular weight is 507 g/mol. The lowest BCUT2D eigenvalue weighted by molar-refractivity contribution is -0.0327. The minimum absolute atomic E-state index is 0.0485. The van der Waals surface area contributed by atoms with Gasteiger partial charge in [0.15, 0.2) is 6.23 Å². The minimum atomic E-state index is -4.04. The molecule has 7 N–H and O–H groups in total. The summed E-state index contributed by atoms with van der Waals surface area (Å²) in [5, 5.41) is 26.2. The van der Waals surface area contributed by atoms with Crippen LogP contribution < -0.4 is 20.3 Å². The number of benzene rings is 1. The molecule has 0 spiro atoms. The van der Waals surface area contributed by atoms with Crippen molar-refractivity contribution in [1.29, 1.82) is 0 Å². The number of nitrogen functional groups attached to an aromatic ring is 1. The van der Waals surface area contributed by atoms with Gasteiger partial charge in [-0.25, -0.2) is 19.5 Å². The van der Waals surface area contributed by atoms with Gasteiger partial charge < -0.3 is 30.0 Å². The maximum Gasteiger partial charge on any atom is 0.274 e. The van der Waals surface area contributed by atoms with Crippen molar-refractivity contribution in [3.63, 3.8) is 0 Å². The topological polar surface area (TPSA) is 188 Å². The van der Waals surface area contributed by atoms with Crippen molar-refractivity contribution >= 4 is 27.1 Å². The van der Waals surface area contributed by atoms with Crippen LogP contribution in [0.5, 0.6) is 5.75 Å². The molecule has 1 aromatic carbocycles. The first-order valence-corrected chi connectivity index (χ1v) is 12.0. The molecule has 1 saturated heterocycles. The molecule has 14 heteroatoms. The number of anilines is 1. The molecule has 186 valence electrons. The number of hydrogen-bond donors (Lipinski definition) is 5. The highest BCUT2D eigenvalue weighted by atomic mass is 32.2. The van der Waals surface area contributed by atoms with E-state index in [9.17, 15) is 23.0 Å². The van der Waals surface area contributed by atoms with E-state index < -0.39 is 40.6 Å². The van der Waals surface area contributed by atoms with Gasteiger partial charge in [0.2, 0.25) is 0 Å². The Balaban J connectivity index is 1.75.